The van der Waals surface area contributed by atoms with Crippen molar-refractivity contribution in [3.63, 3.8) is 0 Å². The molecule has 0 spiro atoms. The monoisotopic (exact) mass is 392 g/mol. The summed E-state index contributed by atoms with van der Waals surface area (Å²) in [7, 11) is 0. The van der Waals surface area contributed by atoms with Crippen molar-refractivity contribution in [2.24, 2.45) is 0 Å². The van der Waals surface area contributed by atoms with Gasteiger partial charge in [-0.2, -0.15) is 0 Å². The molecule has 1 fully saturated rings. The third kappa shape index (κ3) is 6.21. The number of benzene rings is 2. The van der Waals surface area contributed by atoms with Crippen molar-refractivity contribution < 1.29 is 14.3 Å². The maximum Gasteiger partial charge on any atom is 0.253 e. The topological polar surface area (TPSA) is 67.4 Å². The predicted octanol–water partition coefficient (Wildman–Crippen LogP) is 4.50. The number of amides is 2. The second kappa shape index (κ2) is 10.5. The van der Waals surface area contributed by atoms with Crippen molar-refractivity contribution in [1.82, 2.24) is 5.32 Å². The number of para-hydroxylation sites is 1. The fourth-order valence-electron chi connectivity index (χ4n) is 3.49. The summed E-state index contributed by atoms with van der Waals surface area (Å²) in [5, 5.41) is 5.59. The first-order chi connectivity index (χ1) is 14.2. The third-order valence-electron chi connectivity index (χ3n) is 5.00. The highest BCUT2D eigenvalue weighted by molar-refractivity contribution is 6.03. The van der Waals surface area contributed by atoms with E-state index in [1.807, 2.05) is 24.3 Å². The Bertz CT molecular complexity index is 857. The number of hydrogen-bond donors (Lipinski definition) is 2. The summed E-state index contributed by atoms with van der Waals surface area (Å²) >= 11 is 0. The molecule has 0 saturated heterocycles. The van der Waals surface area contributed by atoms with E-state index < -0.39 is 0 Å². The molecule has 1 aliphatic carbocycles. The molecule has 3 rings (SSSR count). The Labute approximate surface area is 172 Å². The molecular weight excluding hydrogens is 364 g/mol. The van der Waals surface area contributed by atoms with E-state index in [1.54, 1.807) is 30.3 Å². The normalized spacial score (nSPS) is 13.7. The number of anilines is 1. The standard InChI is InChI=1S/C24H28N2O3/c1-2-16-25-24(28)21-12-5-6-13-22(21)26-23(27)15-14-18-8-7-11-20(17-18)29-19-9-3-4-10-19/h2,5-8,11-13,17,19H,1,3-4,9-10,14-16H2,(H,25,28)(H,26,27). The van der Waals surface area contributed by atoms with Gasteiger partial charge in [0.15, 0.2) is 0 Å². The largest absolute Gasteiger partial charge is 0.490 e. The summed E-state index contributed by atoms with van der Waals surface area (Å²) in [6.45, 7) is 3.97. The number of nitrogens with one attached hydrogen (secondary N) is 2. The molecule has 5 nitrogen and oxygen atoms in total. The van der Waals surface area contributed by atoms with E-state index in [-0.39, 0.29) is 11.8 Å². The smallest absolute Gasteiger partial charge is 0.253 e. The lowest BCUT2D eigenvalue weighted by Crippen LogP contribution is -2.25. The van der Waals surface area contributed by atoms with Crippen LogP contribution in [0.1, 0.15) is 48.0 Å². The number of carbonyl (C=O) groups is 2. The summed E-state index contributed by atoms with van der Waals surface area (Å²) in [6.07, 6.45) is 7.57. The summed E-state index contributed by atoms with van der Waals surface area (Å²) in [4.78, 5) is 24.7. The summed E-state index contributed by atoms with van der Waals surface area (Å²) < 4.78 is 6.04. The fraction of sp³-hybridized carbons (Fsp3) is 0.333. The fourth-order valence-corrected chi connectivity index (χ4v) is 3.49. The molecule has 2 aromatic rings. The van der Waals surface area contributed by atoms with Gasteiger partial charge in [-0.25, -0.2) is 0 Å². The lowest BCUT2D eigenvalue weighted by molar-refractivity contribution is -0.116. The summed E-state index contributed by atoms with van der Waals surface area (Å²) in [6, 6.07) is 15.0. The van der Waals surface area contributed by atoms with E-state index in [0.29, 0.717) is 36.7 Å². The van der Waals surface area contributed by atoms with Gasteiger partial charge in [0.25, 0.3) is 5.91 Å². The van der Waals surface area contributed by atoms with Crippen LogP contribution in [0, 0.1) is 0 Å². The molecule has 2 N–H and O–H groups in total. The molecule has 1 saturated carbocycles. The van der Waals surface area contributed by atoms with Gasteiger partial charge in [-0.1, -0.05) is 30.3 Å². The van der Waals surface area contributed by atoms with Gasteiger partial charge in [-0.3, -0.25) is 9.59 Å². The van der Waals surface area contributed by atoms with Crippen LogP contribution in [0.25, 0.3) is 0 Å². The molecule has 0 aromatic heterocycles. The minimum Gasteiger partial charge on any atom is -0.490 e. The first kappa shape index (κ1) is 20.6. The number of carbonyl (C=O) groups excluding carboxylic acids is 2. The molecule has 0 unspecified atom stereocenters. The lowest BCUT2D eigenvalue weighted by Gasteiger charge is -2.14. The van der Waals surface area contributed by atoms with Gasteiger partial charge in [0.2, 0.25) is 5.91 Å². The molecule has 1 aliphatic rings. The Kier molecular flexibility index (Phi) is 7.45. The van der Waals surface area contributed by atoms with Crippen LogP contribution in [0.2, 0.25) is 0 Å². The van der Waals surface area contributed by atoms with E-state index in [2.05, 4.69) is 17.2 Å². The van der Waals surface area contributed by atoms with Crippen LogP contribution in [0.3, 0.4) is 0 Å². The van der Waals surface area contributed by atoms with Gasteiger partial charge in [0.05, 0.1) is 17.4 Å². The molecule has 2 aromatic carbocycles. The molecule has 0 aliphatic heterocycles. The van der Waals surface area contributed by atoms with E-state index in [9.17, 15) is 9.59 Å². The Morgan fingerprint density at radius 1 is 1.10 bits per heavy atom. The van der Waals surface area contributed by atoms with E-state index in [1.165, 1.54) is 12.8 Å². The van der Waals surface area contributed by atoms with Gasteiger partial charge in [-0.15, -0.1) is 6.58 Å². The van der Waals surface area contributed by atoms with Crippen molar-refractivity contribution in [2.45, 2.75) is 44.6 Å². The average molecular weight is 392 g/mol. The van der Waals surface area contributed by atoms with Crippen LogP contribution in [0.4, 0.5) is 5.69 Å². The van der Waals surface area contributed by atoms with Crippen LogP contribution < -0.4 is 15.4 Å². The lowest BCUT2D eigenvalue weighted by atomic mass is 10.1. The summed E-state index contributed by atoms with van der Waals surface area (Å²) in [5.41, 5.74) is 2.01. The van der Waals surface area contributed by atoms with Crippen molar-refractivity contribution in [2.75, 3.05) is 11.9 Å². The Hall–Kier alpha value is -3.08. The van der Waals surface area contributed by atoms with Crippen molar-refractivity contribution >= 4 is 17.5 Å². The quantitative estimate of drug-likeness (QED) is 0.618. The Morgan fingerprint density at radius 3 is 2.69 bits per heavy atom. The molecule has 0 radical (unpaired) electrons. The SMILES string of the molecule is C=CCNC(=O)c1ccccc1NC(=O)CCc1cccc(OC2CCCC2)c1. The molecule has 2 amide bonds. The molecule has 0 atom stereocenters. The molecule has 152 valence electrons. The maximum absolute atomic E-state index is 12.4. The van der Waals surface area contributed by atoms with Gasteiger partial charge >= 0.3 is 0 Å². The molecule has 0 bridgehead atoms. The highest BCUT2D eigenvalue weighted by Gasteiger charge is 2.16. The minimum absolute atomic E-state index is 0.129. The van der Waals surface area contributed by atoms with Crippen molar-refractivity contribution in [1.29, 1.82) is 0 Å². The molecular formula is C24H28N2O3. The zero-order valence-corrected chi connectivity index (χ0v) is 16.7. The first-order valence-corrected chi connectivity index (χ1v) is 10.2. The zero-order valence-electron chi connectivity index (χ0n) is 16.7. The molecule has 5 heteroatoms. The van der Waals surface area contributed by atoms with Crippen LogP contribution in [0.5, 0.6) is 5.75 Å². The highest BCUT2D eigenvalue weighted by Crippen LogP contribution is 2.25. The van der Waals surface area contributed by atoms with Crippen molar-refractivity contribution in [3.05, 3.63) is 72.3 Å². The third-order valence-corrected chi connectivity index (χ3v) is 5.00. The second-order valence-electron chi connectivity index (χ2n) is 7.26. The number of ether oxygens (including phenoxy) is 1. The second-order valence-corrected chi connectivity index (χ2v) is 7.26. The van der Waals surface area contributed by atoms with Crippen LogP contribution in [-0.2, 0) is 11.2 Å². The van der Waals surface area contributed by atoms with Crippen LogP contribution >= 0.6 is 0 Å². The highest BCUT2D eigenvalue weighted by atomic mass is 16.5. The average Bonchev–Trinajstić information content (AvgIpc) is 3.24. The Morgan fingerprint density at radius 2 is 1.90 bits per heavy atom. The first-order valence-electron chi connectivity index (χ1n) is 10.2. The van der Waals surface area contributed by atoms with E-state index >= 15 is 0 Å². The van der Waals surface area contributed by atoms with Crippen LogP contribution in [0.15, 0.2) is 61.2 Å². The number of hydrogen-bond acceptors (Lipinski definition) is 3. The van der Waals surface area contributed by atoms with Gasteiger partial charge in [0.1, 0.15) is 5.75 Å². The van der Waals surface area contributed by atoms with Gasteiger partial charge < -0.3 is 15.4 Å². The van der Waals surface area contributed by atoms with Gasteiger partial charge in [-0.05, 0) is 61.9 Å². The van der Waals surface area contributed by atoms with E-state index in [4.69, 9.17) is 4.74 Å². The van der Waals surface area contributed by atoms with Crippen molar-refractivity contribution in [3.8, 4) is 5.75 Å². The zero-order chi connectivity index (χ0) is 20.5. The van der Waals surface area contributed by atoms with E-state index in [0.717, 1.165) is 24.2 Å². The number of rotatable bonds is 9. The number of aryl methyl sites for hydroxylation is 1. The predicted molar refractivity (Wildman–Crippen MR) is 115 cm³/mol. The molecule has 0 heterocycles. The van der Waals surface area contributed by atoms with Gasteiger partial charge in [0, 0.05) is 13.0 Å². The minimum atomic E-state index is -0.238. The Balaban J connectivity index is 1.55. The van der Waals surface area contributed by atoms with Crippen LogP contribution in [-0.4, -0.2) is 24.5 Å². The maximum atomic E-state index is 12.4. The summed E-state index contributed by atoms with van der Waals surface area (Å²) in [5.74, 6) is 0.507. The molecule has 29 heavy (non-hydrogen) atoms.